The third kappa shape index (κ3) is 4.86. The first kappa shape index (κ1) is 16.5. The van der Waals surface area contributed by atoms with Crippen LogP contribution in [0.3, 0.4) is 0 Å². The van der Waals surface area contributed by atoms with E-state index in [0.29, 0.717) is 13.1 Å². The average molecular weight is 317 g/mol. The molecular formula is C17H23N3OS. The molecule has 0 saturated heterocycles. The number of rotatable bonds is 6. The van der Waals surface area contributed by atoms with Gasteiger partial charge in [-0.15, -0.1) is 11.3 Å². The number of hydrogen-bond acceptors (Lipinski definition) is 3. The Morgan fingerprint density at radius 2 is 1.91 bits per heavy atom. The maximum Gasteiger partial charge on any atom is 0.315 e. The predicted molar refractivity (Wildman–Crippen MR) is 92.2 cm³/mol. The molecule has 0 aliphatic heterocycles. The molecule has 0 radical (unpaired) electrons. The van der Waals surface area contributed by atoms with E-state index in [0.717, 1.165) is 5.56 Å². The third-order valence-electron chi connectivity index (χ3n) is 3.52. The van der Waals surface area contributed by atoms with Crippen LogP contribution in [0.15, 0.2) is 41.8 Å². The van der Waals surface area contributed by atoms with Crippen molar-refractivity contribution in [2.75, 3.05) is 20.6 Å². The number of aryl methyl sites for hydroxylation is 1. The average Bonchev–Trinajstić information content (AvgIpc) is 3.00. The first-order chi connectivity index (χ1) is 10.6. The van der Waals surface area contributed by atoms with Crippen molar-refractivity contribution in [3.05, 3.63) is 57.8 Å². The molecular weight excluding hydrogens is 294 g/mol. The van der Waals surface area contributed by atoms with Crippen LogP contribution in [-0.2, 0) is 6.54 Å². The van der Waals surface area contributed by atoms with Crippen LogP contribution in [0.5, 0.6) is 0 Å². The molecule has 0 unspecified atom stereocenters. The molecule has 2 amide bonds. The molecule has 1 aromatic heterocycles. The lowest BCUT2D eigenvalue weighted by Gasteiger charge is -2.23. The van der Waals surface area contributed by atoms with Crippen molar-refractivity contribution < 1.29 is 4.79 Å². The van der Waals surface area contributed by atoms with Crippen molar-refractivity contribution >= 4 is 17.4 Å². The summed E-state index contributed by atoms with van der Waals surface area (Å²) in [4.78, 5) is 15.3. The van der Waals surface area contributed by atoms with Crippen LogP contribution in [0, 0.1) is 6.92 Å². The first-order valence-electron chi connectivity index (χ1n) is 7.33. The molecule has 1 heterocycles. The highest BCUT2D eigenvalue weighted by molar-refractivity contribution is 7.10. The number of thiophene rings is 1. The minimum absolute atomic E-state index is 0.135. The van der Waals surface area contributed by atoms with Gasteiger partial charge in [0.15, 0.2) is 0 Å². The standard InChI is InChI=1S/C17H23N3OS/c1-13-6-8-14(9-7-13)11-18-17(21)19-12-15(20(2)3)16-5-4-10-22-16/h4-10,15H,11-12H2,1-3H3,(H2,18,19,21)/t15-/m1/s1. The maximum absolute atomic E-state index is 11.9. The van der Waals surface area contributed by atoms with E-state index in [1.165, 1.54) is 10.4 Å². The molecule has 1 aromatic carbocycles. The number of carbonyl (C=O) groups excluding carboxylic acids is 1. The zero-order chi connectivity index (χ0) is 15.9. The lowest BCUT2D eigenvalue weighted by molar-refractivity contribution is 0.233. The predicted octanol–water partition coefficient (Wildman–Crippen LogP) is 3.16. The van der Waals surface area contributed by atoms with Gasteiger partial charge in [-0.3, -0.25) is 0 Å². The van der Waals surface area contributed by atoms with Crippen molar-refractivity contribution in [2.45, 2.75) is 19.5 Å². The Kier molecular flexibility index (Phi) is 5.98. The maximum atomic E-state index is 11.9. The summed E-state index contributed by atoms with van der Waals surface area (Å²) in [7, 11) is 4.05. The van der Waals surface area contributed by atoms with Gasteiger partial charge in [-0.05, 0) is 38.0 Å². The lowest BCUT2D eigenvalue weighted by Crippen LogP contribution is -2.40. The van der Waals surface area contributed by atoms with E-state index in [1.54, 1.807) is 11.3 Å². The Morgan fingerprint density at radius 1 is 1.18 bits per heavy atom. The number of amides is 2. The molecule has 0 spiro atoms. The molecule has 0 aliphatic rings. The fourth-order valence-electron chi connectivity index (χ4n) is 2.16. The van der Waals surface area contributed by atoms with Crippen molar-refractivity contribution in [3.63, 3.8) is 0 Å². The summed E-state index contributed by atoms with van der Waals surface area (Å²) in [6, 6.07) is 12.4. The molecule has 2 rings (SSSR count). The van der Waals surface area contributed by atoms with E-state index in [1.807, 2.05) is 44.4 Å². The number of nitrogens with one attached hydrogen (secondary N) is 2. The fourth-order valence-corrected chi connectivity index (χ4v) is 3.08. The largest absolute Gasteiger partial charge is 0.336 e. The number of carbonyl (C=O) groups is 1. The molecule has 5 heteroatoms. The van der Waals surface area contributed by atoms with Gasteiger partial charge < -0.3 is 15.5 Å². The van der Waals surface area contributed by atoms with Crippen molar-refractivity contribution in [1.82, 2.24) is 15.5 Å². The summed E-state index contributed by atoms with van der Waals surface area (Å²) < 4.78 is 0. The Morgan fingerprint density at radius 3 is 2.50 bits per heavy atom. The zero-order valence-corrected chi connectivity index (χ0v) is 14.1. The summed E-state index contributed by atoms with van der Waals surface area (Å²) in [6.45, 7) is 3.18. The second-order valence-corrected chi connectivity index (χ2v) is 6.52. The molecule has 0 bridgehead atoms. The SMILES string of the molecule is Cc1ccc(CNC(=O)NC[C@H](c2cccs2)N(C)C)cc1. The molecule has 0 fully saturated rings. The smallest absolute Gasteiger partial charge is 0.315 e. The van der Waals surface area contributed by atoms with Gasteiger partial charge in [0, 0.05) is 18.0 Å². The van der Waals surface area contributed by atoms with E-state index < -0.39 is 0 Å². The molecule has 4 nitrogen and oxygen atoms in total. The Labute approximate surface area is 136 Å². The van der Waals surface area contributed by atoms with Crippen LogP contribution in [0.1, 0.15) is 22.0 Å². The number of urea groups is 1. The monoisotopic (exact) mass is 317 g/mol. The van der Waals surface area contributed by atoms with Crippen LogP contribution in [-0.4, -0.2) is 31.6 Å². The molecule has 1 atom stereocenters. The van der Waals surface area contributed by atoms with Crippen LogP contribution < -0.4 is 10.6 Å². The Bertz CT molecular complexity index is 578. The van der Waals surface area contributed by atoms with Gasteiger partial charge in [-0.25, -0.2) is 4.79 Å². The third-order valence-corrected chi connectivity index (χ3v) is 4.50. The molecule has 0 aliphatic carbocycles. The van der Waals surface area contributed by atoms with Crippen LogP contribution in [0.4, 0.5) is 4.79 Å². The molecule has 22 heavy (non-hydrogen) atoms. The van der Waals surface area contributed by atoms with Gasteiger partial charge >= 0.3 is 6.03 Å². The van der Waals surface area contributed by atoms with Gasteiger partial charge in [-0.2, -0.15) is 0 Å². The summed E-state index contributed by atoms with van der Waals surface area (Å²) in [6.07, 6.45) is 0. The minimum Gasteiger partial charge on any atom is -0.336 e. The van der Waals surface area contributed by atoms with E-state index in [4.69, 9.17) is 0 Å². The van der Waals surface area contributed by atoms with Crippen LogP contribution in [0.25, 0.3) is 0 Å². The van der Waals surface area contributed by atoms with E-state index in [9.17, 15) is 4.79 Å². The molecule has 2 aromatic rings. The summed E-state index contributed by atoms with van der Waals surface area (Å²) in [5.41, 5.74) is 2.32. The van der Waals surface area contributed by atoms with Crippen molar-refractivity contribution in [3.8, 4) is 0 Å². The second-order valence-electron chi connectivity index (χ2n) is 5.54. The number of nitrogens with zero attached hydrogens (tertiary/aromatic N) is 1. The Hall–Kier alpha value is -1.85. The second kappa shape index (κ2) is 7.96. The number of hydrogen-bond donors (Lipinski definition) is 2. The summed E-state index contributed by atoms with van der Waals surface area (Å²) in [5.74, 6) is 0. The topological polar surface area (TPSA) is 44.4 Å². The van der Waals surface area contributed by atoms with Crippen LogP contribution in [0.2, 0.25) is 0 Å². The van der Waals surface area contributed by atoms with Gasteiger partial charge in [0.1, 0.15) is 0 Å². The van der Waals surface area contributed by atoms with Gasteiger partial charge in [0.25, 0.3) is 0 Å². The summed E-state index contributed by atoms with van der Waals surface area (Å²) in [5, 5.41) is 7.90. The van der Waals surface area contributed by atoms with Gasteiger partial charge in [0.05, 0.1) is 6.04 Å². The first-order valence-corrected chi connectivity index (χ1v) is 8.21. The highest BCUT2D eigenvalue weighted by Crippen LogP contribution is 2.22. The number of likely N-dealkylation sites (N-methyl/N-ethyl adjacent to an activating group) is 1. The van der Waals surface area contributed by atoms with Gasteiger partial charge in [0.2, 0.25) is 0 Å². The minimum atomic E-state index is -0.135. The quantitative estimate of drug-likeness (QED) is 0.859. The van der Waals surface area contributed by atoms with Crippen molar-refractivity contribution in [1.29, 1.82) is 0 Å². The Balaban J connectivity index is 1.80. The molecule has 2 N–H and O–H groups in total. The van der Waals surface area contributed by atoms with E-state index in [-0.39, 0.29) is 12.1 Å². The van der Waals surface area contributed by atoms with Crippen LogP contribution >= 0.6 is 11.3 Å². The highest BCUT2D eigenvalue weighted by Gasteiger charge is 2.15. The summed E-state index contributed by atoms with van der Waals surface area (Å²) >= 11 is 1.71. The molecule has 0 saturated carbocycles. The van der Waals surface area contributed by atoms with E-state index in [2.05, 4.69) is 33.9 Å². The highest BCUT2D eigenvalue weighted by atomic mass is 32.1. The zero-order valence-electron chi connectivity index (χ0n) is 13.3. The number of benzene rings is 1. The van der Waals surface area contributed by atoms with Crippen molar-refractivity contribution in [2.24, 2.45) is 0 Å². The molecule has 118 valence electrons. The lowest BCUT2D eigenvalue weighted by atomic mass is 10.1. The fraction of sp³-hybridized carbons (Fsp3) is 0.353. The normalized spacial score (nSPS) is 12.2. The van der Waals surface area contributed by atoms with Gasteiger partial charge in [-0.1, -0.05) is 35.9 Å². The van der Waals surface area contributed by atoms with E-state index >= 15 is 0 Å².